The summed E-state index contributed by atoms with van der Waals surface area (Å²) in [5, 5.41) is 21.9. The van der Waals surface area contributed by atoms with Crippen molar-refractivity contribution in [3.63, 3.8) is 0 Å². The van der Waals surface area contributed by atoms with Crippen LogP contribution in [0.3, 0.4) is 0 Å². The summed E-state index contributed by atoms with van der Waals surface area (Å²) in [6.07, 6.45) is 1.77. The highest BCUT2D eigenvalue weighted by Crippen LogP contribution is 2.40. The van der Waals surface area contributed by atoms with Crippen LogP contribution in [0.4, 0.5) is 4.39 Å². The first-order valence-corrected chi connectivity index (χ1v) is 6.01. The second kappa shape index (κ2) is 4.42. The van der Waals surface area contributed by atoms with Crippen LogP contribution in [0.15, 0.2) is 18.2 Å². The summed E-state index contributed by atoms with van der Waals surface area (Å²) >= 11 is 0. The number of carbonyl (C=O) groups is 1. The van der Waals surface area contributed by atoms with E-state index in [4.69, 9.17) is 10.4 Å². The average molecular weight is 272 g/mol. The molecule has 1 fully saturated rings. The summed E-state index contributed by atoms with van der Waals surface area (Å²) in [5.41, 5.74) is 0.0469. The monoisotopic (exact) mass is 272 g/mol. The van der Waals surface area contributed by atoms with E-state index in [1.54, 1.807) is 6.07 Å². The Labute approximate surface area is 113 Å². The van der Waals surface area contributed by atoms with Crippen molar-refractivity contribution in [3.8, 4) is 11.8 Å². The third-order valence-corrected chi connectivity index (χ3v) is 3.10. The first-order valence-electron chi connectivity index (χ1n) is 6.01. The molecule has 1 aliphatic rings. The number of benzene rings is 1. The number of nitriles is 1. The molecule has 0 unspecified atom stereocenters. The zero-order valence-electron chi connectivity index (χ0n) is 10.2. The van der Waals surface area contributed by atoms with Gasteiger partial charge in [0.05, 0.1) is 5.69 Å². The molecule has 1 saturated carbocycles. The number of hydrogen-bond acceptors (Lipinski definition) is 4. The molecule has 20 heavy (non-hydrogen) atoms. The number of nitrogens with zero attached hydrogens (tertiary/aromatic N) is 4. The molecule has 1 heterocycles. The number of carboxylic acid groups (broad SMARTS) is 1. The minimum absolute atomic E-state index is 0.116. The Kier molecular flexibility index (Phi) is 2.71. The summed E-state index contributed by atoms with van der Waals surface area (Å²) in [4.78, 5) is 15.0. The van der Waals surface area contributed by atoms with Gasteiger partial charge in [0.25, 0.3) is 5.82 Å². The predicted octanol–water partition coefficient (Wildman–Crippen LogP) is 1.85. The molecule has 0 radical (unpaired) electrons. The number of hydrogen-bond donors (Lipinski definition) is 1. The molecule has 1 N–H and O–H groups in total. The zero-order valence-corrected chi connectivity index (χ0v) is 10.2. The lowest BCUT2D eigenvalue weighted by Gasteiger charge is -2.07. The van der Waals surface area contributed by atoms with Gasteiger partial charge >= 0.3 is 5.97 Å². The number of aromatic carboxylic acids is 1. The van der Waals surface area contributed by atoms with Gasteiger partial charge in [-0.2, -0.15) is 5.26 Å². The van der Waals surface area contributed by atoms with E-state index in [1.807, 2.05) is 0 Å². The van der Waals surface area contributed by atoms with Crippen LogP contribution in [-0.2, 0) is 0 Å². The smallest absolute Gasteiger partial charge is 0.375 e. The second-order valence-electron chi connectivity index (χ2n) is 4.53. The SMILES string of the molecule is N#Cc1c(F)cccc1-n1nc(C(=O)O)nc1C1CC1. The molecule has 0 spiro atoms. The average Bonchev–Trinajstić information content (AvgIpc) is 3.17. The van der Waals surface area contributed by atoms with Crippen LogP contribution >= 0.6 is 0 Å². The molecule has 1 aromatic carbocycles. The second-order valence-corrected chi connectivity index (χ2v) is 4.53. The highest BCUT2D eigenvalue weighted by atomic mass is 19.1. The van der Waals surface area contributed by atoms with Crippen molar-refractivity contribution >= 4 is 5.97 Å². The normalized spacial score (nSPS) is 14.0. The van der Waals surface area contributed by atoms with Gasteiger partial charge in [0.1, 0.15) is 23.3 Å². The van der Waals surface area contributed by atoms with Gasteiger partial charge in [0.2, 0.25) is 0 Å². The van der Waals surface area contributed by atoms with Crippen molar-refractivity contribution in [2.75, 3.05) is 0 Å². The fourth-order valence-electron chi connectivity index (χ4n) is 2.00. The molecule has 0 bridgehead atoms. The Morgan fingerprint density at radius 2 is 2.25 bits per heavy atom. The molecule has 1 aromatic heterocycles. The largest absolute Gasteiger partial charge is 0.475 e. The molecule has 100 valence electrons. The number of aromatic nitrogens is 3. The van der Waals surface area contributed by atoms with E-state index in [9.17, 15) is 9.18 Å². The third kappa shape index (κ3) is 1.91. The summed E-state index contributed by atoms with van der Waals surface area (Å²) in [6.45, 7) is 0. The van der Waals surface area contributed by atoms with Crippen molar-refractivity contribution in [1.82, 2.24) is 14.8 Å². The lowest BCUT2D eigenvalue weighted by Crippen LogP contribution is -2.06. The van der Waals surface area contributed by atoms with Crippen molar-refractivity contribution in [3.05, 3.63) is 41.2 Å². The molecule has 1 aliphatic carbocycles. The van der Waals surface area contributed by atoms with E-state index in [0.717, 1.165) is 12.8 Å². The van der Waals surface area contributed by atoms with Crippen LogP contribution < -0.4 is 0 Å². The fraction of sp³-hybridized carbons (Fsp3) is 0.231. The first-order chi connectivity index (χ1) is 9.61. The van der Waals surface area contributed by atoms with Crippen molar-refractivity contribution in [2.24, 2.45) is 0 Å². The number of carboxylic acids is 1. The quantitative estimate of drug-likeness (QED) is 0.920. The van der Waals surface area contributed by atoms with E-state index in [-0.39, 0.29) is 23.0 Å². The lowest BCUT2D eigenvalue weighted by atomic mass is 10.2. The minimum atomic E-state index is -1.25. The maximum absolute atomic E-state index is 13.6. The summed E-state index contributed by atoms with van der Waals surface area (Å²) < 4.78 is 14.9. The maximum atomic E-state index is 13.6. The molecular formula is C13H9FN4O2. The van der Waals surface area contributed by atoms with Crippen LogP contribution in [0.2, 0.25) is 0 Å². The van der Waals surface area contributed by atoms with E-state index >= 15 is 0 Å². The van der Waals surface area contributed by atoms with Crippen LogP contribution in [-0.4, -0.2) is 25.8 Å². The van der Waals surface area contributed by atoms with E-state index in [0.29, 0.717) is 5.82 Å². The minimum Gasteiger partial charge on any atom is -0.475 e. The van der Waals surface area contributed by atoms with Gasteiger partial charge in [0, 0.05) is 5.92 Å². The van der Waals surface area contributed by atoms with Gasteiger partial charge in [-0.15, -0.1) is 5.10 Å². The van der Waals surface area contributed by atoms with Crippen molar-refractivity contribution < 1.29 is 14.3 Å². The molecule has 6 nitrogen and oxygen atoms in total. The van der Waals surface area contributed by atoms with Crippen LogP contribution in [0.25, 0.3) is 5.69 Å². The molecule has 2 aromatic rings. The molecule has 0 amide bonds. The molecular weight excluding hydrogens is 263 g/mol. The number of halogens is 1. The van der Waals surface area contributed by atoms with Gasteiger partial charge in [0.15, 0.2) is 0 Å². The van der Waals surface area contributed by atoms with Crippen molar-refractivity contribution in [2.45, 2.75) is 18.8 Å². The van der Waals surface area contributed by atoms with Crippen LogP contribution in [0.1, 0.15) is 40.8 Å². The highest BCUT2D eigenvalue weighted by Gasteiger charge is 2.32. The number of rotatable bonds is 3. The summed E-state index contributed by atoms with van der Waals surface area (Å²) in [7, 11) is 0. The van der Waals surface area contributed by atoms with Gasteiger partial charge in [-0.25, -0.2) is 18.9 Å². The molecule has 3 rings (SSSR count). The zero-order chi connectivity index (χ0) is 14.3. The van der Waals surface area contributed by atoms with Crippen LogP contribution in [0.5, 0.6) is 0 Å². The molecule has 0 saturated heterocycles. The van der Waals surface area contributed by atoms with Gasteiger partial charge < -0.3 is 5.11 Å². The topological polar surface area (TPSA) is 91.8 Å². The standard InChI is InChI=1S/C13H9FN4O2/c14-9-2-1-3-10(8(9)6-15)18-12(7-4-5-7)16-11(17-18)13(19)20/h1-3,7H,4-5H2,(H,19,20). The lowest BCUT2D eigenvalue weighted by molar-refractivity contribution is 0.0683. The van der Waals surface area contributed by atoms with Crippen molar-refractivity contribution in [1.29, 1.82) is 5.26 Å². The third-order valence-electron chi connectivity index (χ3n) is 3.10. The Morgan fingerprint density at radius 3 is 2.85 bits per heavy atom. The van der Waals surface area contributed by atoms with Gasteiger partial charge in [-0.1, -0.05) is 6.07 Å². The predicted molar refractivity (Wildman–Crippen MR) is 65.0 cm³/mol. The summed E-state index contributed by atoms with van der Waals surface area (Å²) in [5.74, 6) is -1.69. The first kappa shape index (κ1) is 12.3. The van der Waals surface area contributed by atoms with Gasteiger partial charge in [-0.3, -0.25) is 0 Å². The summed E-state index contributed by atoms with van der Waals surface area (Å²) in [6, 6.07) is 5.92. The fourth-order valence-corrected chi connectivity index (χ4v) is 2.00. The molecule has 0 atom stereocenters. The molecule has 0 aliphatic heterocycles. The Bertz CT molecular complexity index is 743. The Morgan fingerprint density at radius 1 is 1.50 bits per heavy atom. The maximum Gasteiger partial charge on any atom is 0.375 e. The van der Waals surface area contributed by atoms with E-state index < -0.39 is 11.8 Å². The van der Waals surface area contributed by atoms with E-state index in [2.05, 4.69) is 10.1 Å². The Hall–Kier alpha value is -2.75. The van der Waals surface area contributed by atoms with E-state index in [1.165, 1.54) is 22.9 Å². The highest BCUT2D eigenvalue weighted by molar-refractivity contribution is 5.83. The van der Waals surface area contributed by atoms with Gasteiger partial charge in [-0.05, 0) is 25.0 Å². The molecule has 7 heteroatoms. The Balaban J connectivity index is 2.22. The van der Waals surface area contributed by atoms with Crippen LogP contribution in [0, 0.1) is 17.1 Å².